The lowest BCUT2D eigenvalue weighted by Gasteiger charge is -2.28. The van der Waals surface area contributed by atoms with Crippen LogP contribution in [0.5, 0.6) is 0 Å². The average Bonchev–Trinajstić information content (AvgIpc) is 3.75. The minimum absolute atomic E-state index is 1.06. The summed E-state index contributed by atoms with van der Waals surface area (Å²) in [6.45, 7) is 4.01. The van der Waals surface area contributed by atoms with Gasteiger partial charge in [-0.15, -0.1) is 11.3 Å². The largest absolute Gasteiger partial charge is 0.317 e. The Balaban J connectivity index is 0.970. The predicted octanol–water partition coefficient (Wildman–Crippen LogP) is 18.1. The minimum Gasteiger partial charge on any atom is -0.317 e. The fraction of sp³-hybridized carbons (Fsp3) is 0. The Hall–Kier alpha value is -8.24. The zero-order valence-electron chi connectivity index (χ0n) is 35.8. The van der Waals surface area contributed by atoms with Crippen LogP contribution in [0, 0.1) is 0 Å². The Bertz CT molecular complexity index is 3530. The van der Waals surface area contributed by atoms with Gasteiger partial charge in [-0.1, -0.05) is 183 Å². The molecule has 0 fully saturated rings. The van der Waals surface area contributed by atoms with Gasteiger partial charge in [-0.25, -0.2) is 0 Å². The van der Waals surface area contributed by atoms with E-state index in [4.69, 9.17) is 0 Å². The predicted molar refractivity (Wildman–Crippen MR) is 282 cm³/mol. The van der Waals surface area contributed by atoms with Crippen LogP contribution in [0.4, 0.5) is 28.4 Å². The third kappa shape index (κ3) is 7.80. The molecule has 0 amide bonds. The van der Waals surface area contributed by atoms with Crippen molar-refractivity contribution in [1.82, 2.24) is 0 Å². The normalized spacial score (nSPS) is 11.8. The van der Waals surface area contributed by atoms with Gasteiger partial charge >= 0.3 is 0 Å². The summed E-state index contributed by atoms with van der Waals surface area (Å²) >= 11 is 1.85. The van der Waals surface area contributed by atoms with E-state index in [-0.39, 0.29) is 0 Å². The van der Waals surface area contributed by atoms with Crippen LogP contribution in [-0.2, 0) is 0 Å². The number of hydrogen-bond acceptors (Lipinski definition) is 3. The van der Waals surface area contributed by atoms with Crippen molar-refractivity contribution < 1.29 is 0 Å². The molecule has 0 bridgehead atoms. The number of hydrogen-bond donors (Lipinski definition) is 0. The molecule has 0 N–H and O–H groups in total. The van der Waals surface area contributed by atoms with Crippen molar-refractivity contribution in [2.45, 2.75) is 0 Å². The molecule has 1 aromatic heterocycles. The van der Waals surface area contributed by atoms with Gasteiger partial charge in [-0.3, -0.25) is 0 Å². The van der Waals surface area contributed by atoms with E-state index in [0.717, 1.165) is 50.7 Å². The third-order valence-corrected chi connectivity index (χ3v) is 13.4. The summed E-state index contributed by atoms with van der Waals surface area (Å²) in [6, 6.07) is 83.2. The van der Waals surface area contributed by atoms with E-state index in [1.165, 1.54) is 52.8 Å². The molecule has 0 aliphatic carbocycles. The van der Waals surface area contributed by atoms with Crippen molar-refractivity contribution >= 4 is 87.1 Å². The quantitative estimate of drug-likeness (QED) is 0.0945. The number of benzene rings is 10. The molecule has 11 rings (SSSR count). The molecular weight excluding hydrogens is 805 g/mol. The molecule has 0 radical (unpaired) electrons. The smallest absolute Gasteiger partial charge is 0.0546 e. The molecule has 65 heavy (non-hydrogen) atoms. The van der Waals surface area contributed by atoms with Gasteiger partial charge in [-0.05, 0) is 122 Å². The van der Waals surface area contributed by atoms with E-state index in [0.29, 0.717) is 0 Å². The van der Waals surface area contributed by atoms with Gasteiger partial charge in [0.15, 0.2) is 0 Å². The van der Waals surface area contributed by atoms with E-state index in [1.807, 2.05) is 23.5 Å². The summed E-state index contributed by atoms with van der Waals surface area (Å²) in [5.74, 6) is 0. The van der Waals surface area contributed by atoms with Crippen LogP contribution in [-0.4, -0.2) is 0 Å². The molecule has 11 aromatic rings. The highest BCUT2D eigenvalue weighted by Crippen LogP contribution is 2.45. The standard InChI is InChI=1S/C62H44N2S/c1-2-15-44(45-16-5-3-6-17-45)40-41-63(51-32-26-47(27-33-51)46-18-7-4-8-19-46)52-34-28-48(29-35-52)49-30-36-53(37-31-49)64(54-38-39-62-59(43-54)58-24-13-14-25-61(58)65-62)60-42-50-20-9-10-21-55(50)56-22-11-12-23-57(56)60/h2-43H,1H2/b41-40-,44-15+. The number of anilines is 5. The Morgan fingerprint density at radius 2 is 0.908 bits per heavy atom. The lowest BCUT2D eigenvalue weighted by molar-refractivity contribution is 1.28. The summed E-state index contributed by atoms with van der Waals surface area (Å²) in [6.07, 6.45) is 8.23. The van der Waals surface area contributed by atoms with Crippen molar-refractivity contribution in [3.8, 4) is 22.3 Å². The highest BCUT2D eigenvalue weighted by atomic mass is 32.1. The Kier molecular flexibility index (Phi) is 10.7. The van der Waals surface area contributed by atoms with E-state index in [2.05, 4.69) is 259 Å². The van der Waals surface area contributed by atoms with Crippen molar-refractivity contribution in [3.63, 3.8) is 0 Å². The Labute approximate surface area is 384 Å². The summed E-state index contributed by atoms with van der Waals surface area (Å²) in [7, 11) is 0. The molecular formula is C62H44N2S. The first kappa shape index (κ1) is 39.6. The van der Waals surface area contributed by atoms with Crippen LogP contribution >= 0.6 is 11.3 Å². The van der Waals surface area contributed by atoms with E-state index >= 15 is 0 Å². The fourth-order valence-corrected chi connectivity index (χ4v) is 10.1. The van der Waals surface area contributed by atoms with Crippen LogP contribution in [0.15, 0.2) is 262 Å². The molecule has 0 atom stereocenters. The molecule has 0 aliphatic heterocycles. The molecule has 0 spiro atoms. The fourth-order valence-electron chi connectivity index (χ4n) is 9.04. The monoisotopic (exact) mass is 848 g/mol. The first-order valence-corrected chi connectivity index (χ1v) is 22.8. The van der Waals surface area contributed by atoms with Crippen LogP contribution in [0.2, 0.25) is 0 Å². The summed E-state index contributed by atoms with van der Waals surface area (Å²) in [5, 5.41) is 7.50. The van der Waals surface area contributed by atoms with Gasteiger partial charge in [-0.2, -0.15) is 0 Å². The van der Waals surface area contributed by atoms with Crippen molar-refractivity contribution in [2.24, 2.45) is 0 Å². The second kappa shape index (κ2) is 17.5. The zero-order chi connectivity index (χ0) is 43.5. The summed E-state index contributed by atoms with van der Waals surface area (Å²) in [5.41, 5.74) is 12.4. The minimum atomic E-state index is 1.06. The SMILES string of the molecule is C=C/C=C(\C=C/N(c1ccc(-c2ccccc2)cc1)c1ccc(-c2ccc(N(c3ccc4sc5ccccc5c4c3)c3cc4ccccc4c4ccccc34)cc2)cc1)c1ccccc1. The van der Waals surface area contributed by atoms with Crippen LogP contribution in [0.3, 0.4) is 0 Å². The van der Waals surface area contributed by atoms with E-state index < -0.39 is 0 Å². The first-order chi connectivity index (χ1) is 32.2. The van der Waals surface area contributed by atoms with Crippen molar-refractivity contribution in [1.29, 1.82) is 0 Å². The molecule has 308 valence electrons. The average molecular weight is 849 g/mol. The molecule has 0 saturated heterocycles. The van der Waals surface area contributed by atoms with E-state index in [1.54, 1.807) is 0 Å². The highest BCUT2D eigenvalue weighted by molar-refractivity contribution is 7.25. The Morgan fingerprint density at radius 3 is 1.57 bits per heavy atom. The van der Waals surface area contributed by atoms with Gasteiger partial charge in [0, 0.05) is 54.5 Å². The highest BCUT2D eigenvalue weighted by Gasteiger charge is 2.19. The number of allylic oxidation sites excluding steroid dienone is 4. The molecule has 1 heterocycles. The van der Waals surface area contributed by atoms with Gasteiger partial charge in [0.05, 0.1) is 5.69 Å². The van der Waals surface area contributed by atoms with Gasteiger partial charge in [0.1, 0.15) is 0 Å². The zero-order valence-corrected chi connectivity index (χ0v) is 36.6. The number of rotatable bonds is 11. The maximum absolute atomic E-state index is 4.01. The maximum Gasteiger partial charge on any atom is 0.0546 e. The lowest BCUT2D eigenvalue weighted by Crippen LogP contribution is -2.10. The second-order valence-corrected chi connectivity index (χ2v) is 17.3. The van der Waals surface area contributed by atoms with Gasteiger partial charge in [0.2, 0.25) is 0 Å². The van der Waals surface area contributed by atoms with Crippen LogP contribution in [0.1, 0.15) is 5.56 Å². The summed E-state index contributed by atoms with van der Waals surface area (Å²) < 4.78 is 2.60. The topological polar surface area (TPSA) is 6.48 Å². The third-order valence-electron chi connectivity index (χ3n) is 12.3. The molecule has 0 saturated carbocycles. The summed E-state index contributed by atoms with van der Waals surface area (Å²) in [4.78, 5) is 4.69. The number of fused-ring (bicyclic) bond motifs is 6. The van der Waals surface area contributed by atoms with E-state index in [9.17, 15) is 0 Å². The lowest BCUT2D eigenvalue weighted by atomic mass is 9.98. The first-order valence-electron chi connectivity index (χ1n) is 22.0. The van der Waals surface area contributed by atoms with Crippen molar-refractivity contribution in [2.75, 3.05) is 9.80 Å². The molecule has 0 aliphatic rings. The number of nitrogens with zero attached hydrogens (tertiary/aromatic N) is 2. The van der Waals surface area contributed by atoms with Crippen molar-refractivity contribution in [3.05, 3.63) is 267 Å². The molecule has 2 nitrogen and oxygen atoms in total. The second-order valence-electron chi connectivity index (χ2n) is 16.2. The molecule has 10 aromatic carbocycles. The molecule has 0 unspecified atom stereocenters. The van der Waals surface area contributed by atoms with Gasteiger partial charge < -0.3 is 9.80 Å². The molecule has 3 heteroatoms. The Morgan fingerprint density at radius 1 is 0.400 bits per heavy atom. The van der Waals surface area contributed by atoms with Gasteiger partial charge in [0.25, 0.3) is 0 Å². The maximum atomic E-state index is 4.01. The van der Waals surface area contributed by atoms with Crippen LogP contribution < -0.4 is 9.80 Å². The number of thiophene rings is 1. The van der Waals surface area contributed by atoms with Crippen LogP contribution in [0.25, 0.3) is 69.5 Å².